The number of amides is 2. The quantitative estimate of drug-likeness (QED) is 0.689. The van der Waals surface area contributed by atoms with Crippen LogP contribution in [0.2, 0.25) is 5.02 Å². The first-order chi connectivity index (χ1) is 15.1. The molecule has 1 N–H and O–H groups in total. The Bertz CT molecular complexity index is 1080. The molecule has 2 aliphatic rings. The second-order valence-corrected chi connectivity index (χ2v) is 8.26. The molecule has 0 fully saturated rings. The van der Waals surface area contributed by atoms with E-state index in [-0.39, 0.29) is 11.6 Å². The van der Waals surface area contributed by atoms with Crippen LogP contribution in [-0.2, 0) is 12.5 Å². The number of hydrogen-bond donors (Lipinski definition) is 1. The summed E-state index contributed by atoms with van der Waals surface area (Å²) in [5.41, 5.74) is 2.11. The number of hydrogen-bond acceptors (Lipinski definition) is 4. The molecular formula is C23H23ClF2N4O2. The van der Waals surface area contributed by atoms with Gasteiger partial charge in [0.05, 0.1) is 5.70 Å². The van der Waals surface area contributed by atoms with Crippen LogP contribution in [0.4, 0.5) is 13.6 Å². The Balaban J connectivity index is 1.66. The van der Waals surface area contributed by atoms with Crippen molar-refractivity contribution in [2.24, 2.45) is 0 Å². The van der Waals surface area contributed by atoms with Crippen LogP contribution in [0, 0.1) is 0 Å². The lowest BCUT2D eigenvalue weighted by molar-refractivity contribution is 0.0171. The van der Waals surface area contributed by atoms with Gasteiger partial charge in [0, 0.05) is 38.1 Å². The average Bonchev–Trinajstić information content (AvgIpc) is 3.10. The van der Waals surface area contributed by atoms with E-state index < -0.39 is 12.3 Å². The van der Waals surface area contributed by atoms with Gasteiger partial charge in [-0.15, -0.1) is 0 Å². The predicted molar refractivity (Wildman–Crippen MR) is 118 cm³/mol. The summed E-state index contributed by atoms with van der Waals surface area (Å²) in [5, 5.41) is 3.85. The topological polar surface area (TPSA) is 48.1 Å². The van der Waals surface area contributed by atoms with Crippen molar-refractivity contribution in [3.05, 3.63) is 88.5 Å². The molecule has 2 amide bonds. The minimum Gasteiger partial charge on any atom is -0.452 e. The third-order valence-electron chi connectivity index (χ3n) is 5.52. The van der Waals surface area contributed by atoms with Crippen LogP contribution in [0.1, 0.15) is 18.1 Å². The van der Waals surface area contributed by atoms with Gasteiger partial charge < -0.3 is 15.0 Å². The zero-order valence-corrected chi connectivity index (χ0v) is 18.7. The number of carbonyl (C=O) groups is 1. The smallest absolute Gasteiger partial charge is 0.329 e. The van der Waals surface area contributed by atoms with Crippen LogP contribution >= 0.6 is 11.6 Å². The van der Waals surface area contributed by atoms with E-state index in [4.69, 9.17) is 16.3 Å². The number of likely N-dealkylation sites (N-methyl/N-ethyl adjacent to an activating group) is 1. The highest BCUT2D eigenvalue weighted by Crippen LogP contribution is 2.36. The van der Waals surface area contributed by atoms with Crippen molar-refractivity contribution in [1.82, 2.24) is 20.0 Å². The van der Waals surface area contributed by atoms with E-state index in [0.717, 1.165) is 12.5 Å². The number of benzene rings is 2. The van der Waals surface area contributed by atoms with Gasteiger partial charge in [-0.25, -0.2) is 13.6 Å². The molecule has 32 heavy (non-hydrogen) atoms. The predicted octanol–water partition coefficient (Wildman–Crippen LogP) is 4.90. The molecule has 1 unspecified atom stereocenters. The summed E-state index contributed by atoms with van der Waals surface area (Å²) in [4.78, 5) is 17.4. The summed E-state index contributed by atoms with van der Waals surface area (Å²) >= 11 is 6.02. The van der Waals surface area contributed by atoms with Gasteiger partial charge in [-0.05, 0) is 42.0 Å². The standard InChI is InChI=1S/C23H23ClF2N4O2/c1-14-19-20(29(4)22(31)28(14)3)27-21(30(19)13-15-5-9-17(24)10-6-15)32-18-11-7-16(8-12-18)23(2,25)26/h5-12,21,27H,1,13H2,2-4H3. The van der Waals surface area contributed by atoms with Crippen molar-refractivity contribution in [2.45, 2.75) is 25.7 Å². The molecule has 0 spiro atoms. The Morgan fingerprint density at radius 2 is 1.72 bits per heavy atom. The largest absolute Gasteiger partial charge is 0.452 e. The monoisotopic (exact) mass is 460 g/mol. The van der Waals surface area contributed by atoms with E-state index in [1.165, 1.54) is 34.1 Å². The lowest BCUT2D eigenvalue weighted by Crippen LogP contribution is -2.45. The minimum atomic E-state index is -2.93. The van der Waals surface area contributed by atoms with Gasteiger partial charge in [0.2, 0.25) is 0 Å². The molecule has 0 saturated heterocycles. The molecular weight excluding hydrogens is 438 g/mol. The van der Waals surface area contributed by atoms with Gasteiger partial charge in [-0.1, -0.05) is 30.3 Å². The number of carbonyl (C=O) groups excluding carboxylic acids is 1. The first kappa shape index (κ1) is 22.0. The van der Waals surface area contributed by atoms with Crippen LogP contribution in [0.3, 0.4) is 0 Å². The number of halogens is 3. The Kier molecular flexibility index (Phi) is 5.50. The number of alkyl halides is 2. The van der Waals surface area contributed by atoms with Crippen molar-refractivity contribution in [1.29, 1.82) is 0 Å². The number of ether oxygens (including phenoxy) is 1. The highest BCUT2D eigenvalue weighted by Gasteiger charge is 2.43. The third kappa shape index (κ3) is 3.98. The Morgan fingerprint density at radius 3 is 2.31 bits per heavy atom. The van der Waals surface area contributed by atoms with Crippen LogP contribution < -0.4 is 10.1 Å². The van der Waals surface area contributed by atoms with Gasteiger partial charge in [-0.2, -0.15) is 0 Å². The van der Waals surface area contributed by atoms with Gasteiger partial charge in [0.15, 0.2) is 0 Å². The fraction of sp³-hybridized carbons (Fsp3) is 0.261. The van der Waals surface area contributed by atoms with Crippen LogP contribution in [0.15, 0.2) is 72.3 Å². The maximum Gasteiger partial charge on any atom is 0.329 e. The zero-order chi connectivity index (χ0) is 23.2. The lowest BCUT2D eigenvalue weighted by atomic mass is 10.1. The molecule has 0 aliphatic carbocycles. The first-order valence-corrected chi connectivity index (χ1v) is 10.3. The summed E-state index contributed by atoms with van der Waals surface area (Å²) in [6.45, 7) is 5.38. The third-order valence-corrected chi connectivity index (χ3v) is 5.77. The summed E-state index contributed by atoms with van der Waals surface area (Å²) in [6, 6.07) is 12.8. The molecule has 9 heteroatoms. The molecule has 0 saturated carbocycles. The minimum absolute atomic E-state index is 0.0972. The van der Waals surface area contributed by atoms with Crippen molar-refractivity contribution < 1.29 is 18.3 Å². The molecule has 2 heterocycles. The summed E-state index contributed by atoms with van der Waals surface area (Å²) < 4.78 is 33.2. The van der Waals surface area contributed by atoms with E-state index in [2.05, 4.69) is 11.9 Å². The summed E-state index contributed by atoms with van der Waals surface area (Å²) in [6.07, 6.45) is -0.692. The van der Waals surface area contributed by atoms with E-state index in [1.54, 1.807) is 26.2 Å². The number of rotatable bonds is 5. The Hall–Kier alpha value is -3.26. The van der Waals surface area contributed by atoms with E-state index >= 15 is 0 Å². The SMILES string of the molecule is C=C1C2=C(NC(Oc3ccc(C(C)(F)F)cc3)N2Cc2ccc(Cl)cc2)N(C)C(=O)N1C. The Morgan fingerprint density at radius 1 is 1.09 bits per heavy atom. The summed E-state index contributed by atoms with van der Waals surface area (Å²) in [7, 11) is 3.32. The molecule has 4 rings (SSSR count). The van der Waals surface area contributed by atoms with Gasteiger partial charge in [0.25, 0.3) is 12.3 Å². The van der Waals surface area contributed by atoms with Crippen LogP contribution in [0.5, 0.6) is 5.75 Å². The highest BCUT2D eigenvalue weighted by atomic mass is 35.5. The second kappa shape index (κ2) is 8.02. The van der Waals surface area contributed by atoms with Crippen molar-refractivity contribution >= 4 is 17.6 Å². The molecule has 6 nitrogen and oxygen atoms in total. The van der Waals surface area contributed by atoms with Crippen molar-refractivity contribution in [3.8, 4) is 5.75 Å². The van der Waals surface area contributed by atoms with Gasteiger partial charge in [0.1, 0.15) is 17.3 Å². The highest BCUT2D eigenvalue weighted by molar-refractivity contribution is 6.30. The normalized spacial score (nSPS) is 18.8. The maximum atomic E-state index is 13.6. The molecule has 2 aliphatic heterocycles. The van der Waals surface area contributed by atoms with E-state index in [0.29, 0.717) is 34.5 Å². The molecule has 2 aromatic rings. The molecule has 168 valence electrons. The van der Waals surface area contributed by atoms with E-state index in [1.807, 2.05) is 17.0 Å². The second-order valence-electron chi connectivity index (χ2n) is 7.83. The molecule has 1 atom stereocenters. The Labute approximate surface area is 190 Å². The number of nitrogens with one attached hydrogen (secondary N) is 1. The first-order valence-electron chi connectivity index (χ1n) is 9.94. The molecule has 0 aromatic heterocycles. The number of nitrogens with zero attached hydrogens (tertiary/aromatic N) is 3. The van der Waals surface area contributed by atoms with Gasteiger partial charge in [-0.3, -0.25) is 9.80 Å². The fourth-order valence-corrected chi connectivity index (χ4v) is 3.79. The zero-order valence-electron chi connectivity index (χ0n) is 17.9. The number of urea groups is 1. The summed E-state index contributed by atoms with van der Waals surface area (Å²) in [5.74, 6) is -1.96. The lowest BCUT2D eigenvalue weighted by Gasteiger charge is -2.35. The van der Waals surface area contributed by atoms with Gasteiger partial charge >= 0.3 is 6.03 Å². The molecule has 2 aromatic carbocycles. The van der Waals surface area contributed by atoms with Crippen molar-refractivity contribution in [2.75, 3.05) is 14.1 Å². The molecule has 0 bridgehead atoms. The molecule has 0 radical (unpaired) electrons. The van der Waals surface area contributed by atoms with Crippen LogP contribution in [-0.4, -0.2) is 41.2 Å². The van der Waals surface area contributed by atoms with E-state index in [9.17, 15) is 13.6 Å². The van der Waals surface area contributed by atoms with Crippen LogP contribution in [0.25, 0.3) is 0 Å². The van der Waals surface area contributed by atoms with Crippen molar-refractivity contribution in [3.63, 3.8) is 0 Å². The maximum absolute atomic E-state index is 13.6. The fourth-order valence-electron chi connectivity index (χ4n) is 3.67. The average molecular weight is 461 g/mol.